The van der Waals surface area contributed by atoms with E-state index >= 15 is 0 Å². The summed E-state index contributed by atoms with van der Waals surface area (Å²) in [6.45, 7) is 3.84. The summed E-state index contributed by atoms with van der Waals surface area (Å²) in [6.07, 6.45) is 0.00229. The van der Waals surface area contributed by atoms with Crippen molar-refractivity contribution >= 4 is 5.97 Å². The number of carbonyl (C=O) groups excluding carboxylic acids is 1. The highest BCUT2D eigenvalue weighted by Crippen LogP contribution is 2.28. The molecule has 4 heteroatoms. The van der Waals surface area contributed by atoms with Crippen LogP contribution in [0.25, 0.3) is 0 Å². The molecule has 21 heavy (non-hydrogen) atoms. The lowest BCUT2D eigenvalue weighted by molar-refractivity contribution is 0.0599. The van der Waals surface area contributed by atoms with Crippen molar-refractivity contribution in [2.45, 2.75) is 20.0 Å². The maximum atomic E-state index is 11.7. The summed E-state index contributed by atoms with van der Waals surface area (Å²) >= 11 is 0. The van der Waals surface area contributed by atoms with Crippen molar-refractivity contribution in [3.63, 3.8) is 0 Å². The SMILES string of the molecule is COC(=O)c1cc(Oc2ccccc2)cc(OC(C)C)c1. The van der Waals surface area contributed by atoms with Crippen LogP contribution in [-0.4, -0.2) is 19.2 Å². The molecule has 0 aromatic heterocycles. The highest BCUT2D eigenvalue weighted by molar-refractivity contribution is 5.90. The van der Waals surface area contributed by atoms with E-state index in [9.17, 15) is 4.79 Å². The number of carbonyl (C=O) groups is 1. The molecule has 2 rings (SSSR count). The predicted octanol–water partition coefficient (Wildman–Crippen LogP) is 4.05. The Morgan fingerprint density at radius 3 is 2.24 bits per heavy atom. The van der Waals surface area contributed by atoms with Crippen molar-refractivity contribution < 1.29 is 19.0 Å². The second-order valence-electron chi connectivity index (χ2n) is 4.77. The third-order valence-corrected chi connectivity index (χ3v) is 2.65. The van der Waals surface area contributed by atoms with Crippen LogP contribution < -0.4 is 9.47 Å². The first-order valence-electron chi connectivity index (χ1n) is 6.71. The van der Waals surface area contributed by atoms with Crippen molar-refractivity contribution in [2.75, 3.05) is 7.11 Å². The van der Waals surface area contributed by atoms with Crippen LogP contribution in [0.5, 0.6) is 17.2 Å². The van der Waals surface area contributed by atoms with Gasteiger partial charge < -0.3 is 14.2 Å². The van der Waals surface area contributed by atoms with E-state index in [2.05, 4.69) is 0 Å². The zero-order valence-electron chi connectivity index (χ0n) is 12.3. The first-order chi connectivity index (χ1) is 10.1. The molecule has 0 atom stereocenters. The fourth-order valence-corrected chi connectivity index (χ4v) is 1.83. The van der Waals surface area contributed by atoms with Gasteiger partial charge in [0, 0.05) is 6.07 Å². The highest BCUT2D eigenvalue weighted by Gasteiger charge is 2.11. The molecule has 0 aliphatic heterocycles. The number of para-hydroxylation sites is 1. The van der Waals surface area contributed by atoms with Gasteiger partial charge in [-0.1, -0.05) is 18.2 Å². The van der Waals surface area contributed by atoms with E-state index in [1.807, 2.05) is 44.2 Å². The standard InChI is InChI=1S/C17H18O4/c1-12(2)20-15-9-13(17(18)19-3)10-16(11-15)21-14-7-5-4-6-8-14/h4-12H,1-3H3. The van der Waals surface area contributed by atoms with Crippen molar-refractivity contribution in [3.05, 3.63) is 54.1 Å². The Balaban J connectivity index is 2.32. The zero-order valence-corrected chi connectivity index (χ0v) is 12.3. The first kappa shape index (κ1) is 14.9. The van der Waals surface area contributed by atoms with E-state index in [0.29, 0.717) is 22.8 Å². The molecule has 0 fully saturated rings. The van der Waals surface area contributed by atoms with Gasteiger partial charge in [-0.15, -0.1) is 0 Å². The lowest BCUT2D eigenvalue weighted by Gasteiger charge is -2.13. The van der Waals surface area contributed by atoms with Crippen molar-refractivity contribution in [1.82, 2.24) is 0 Å². The van der Waals surface area contributed by atoms with Gasteiger partial charge >= 0.3 is 5.97 Å². The Bertz CT molecular complexity index is 605. The molecule has 0 heterocycles. The van der Waals surface area contributed by atoms with E-state index in [-0.39, 0.29) is 6.10 Å². The molecule has 0 aliphatic rings. The third kappa shape index (κ3) is 4.24. The molecule has 0 N–H and O–H groups in total. The number of methoxy groups -OCH3 is 1. The second-order valence-corrected chi connectivity index (χ2v) is 4.77. The molecule has 0 saturated heterocycles. The van der Waals surface area contributed by atoms with Crippen LogP contribution in [0.3, 0.4) is 0 Å². The monoisotopic (exact) mass is 286 g/mol. The number of benzene rings is 2. The Morgan fingerprint density at radius 1 is 0.952 bits per heavy atom. The van der Waals surface area contributed by atoms with E-state index < -0.39 is 5.97 Å². The number of hydrogen-bond donors (Lipinski definition) is 0. The van der Waals surface area contributed by atoms with E-state index in [1.54, 1.807) is 18.2 Å². The molecule has 0 amide bonds. The van der Waals surface area contributed by atoms with Crippen LogP contribution in [0.4, 0.5) is 0 Å². The van der Waals surface area contributed by atoms with Gasteiger partial charge in [0.15, 0.2) is 0 Å². The molecule has 2 aromatic carbocycles. The van der Waals surface area contributed by atoms with Gasteiger partial charge in [0.1, 0.15) is 17.2 Å². The molecule has 4 nitrogen and oxygen atoms in total. The van der Waals surface area contributed by atoms with E-state index in [1.165, 1.54) is 7.11 Å². The predicted molar refractivity (Wildman–Crippen MR) is 80.1 cm³/mol. The minimum Gasteiger partial charge on any atom is -0.491 e. The molecule has 0 bridgehead atoms. The number of hydrogen-bond acceptors (Lipinski definition) is 4. The van der Waals surface area contributed by atoms with Crippen LogP contribution in [0.2, 0.25) is 0 Å². The Morgan fingerprint density at radius 2 is 1.62 bits per heavy atom. The summed E-state index contributed by atoms with van der Waals surface area (Å²) in [5, 5.41) is 0. The smallest absolute Gasteiger partial charge is 0.338 e. The zero-order chi connectivity index (χ0) is 15.2. The number of rotatable bonds is 5. The number of ether oxygens (including phenoxy) is 3. The Hall–Kier alpha value is -2.49. The molecular formula is C17H18O4. The summed E-state index contributed by atoms with van der Waals surface area (Å²) < 4.78 is 16.1. The third-order valence-electron chi connectivity index (χ3n) is 2.65. The lowest BCUT2D eigenvalue weighted by Crippen LogP contribution is -2.07. The molecular weight excluding hydrogens is 268 g/mol. The molecule has 2 aromatic rings. The van der Waals surface area contributed by atoms with Gasteiger partial charge in [0.2, 0.25) is 0 Å². The van der Waals surface area contributed by atoms with Crippen molar-refractivity contribution in [1.29, 1.82) is 0 Å². The van der Waals surface area contributed by atoms with Gasteiger partial charge in [-0.3, -0.25) is 0 Å². The molecule has 0 aliphatic carbocycles. The molecule has 0 radical (unpaired) electrons. The van der Waals surface area contributed by atoms with Gasteiger partial charge in [0.05, 0.1) is 18.8 Å². The van der Waals surface area contributed by atoms with Gasteiger partial charge in [-0.2, -0.15) is 0 Å². The minimum atomic E-state index is -0.429. The largest absolute Gasteiger partial charge is 0.491 e. The van der Waals surface area contributed by atoms with Crippen LogP contribution >= 0.6 is 0 Å². The summed E-state index contributed by atoms with van der Waals surface area (Å²) in [7, 11) is 1.34. The maximum Gasteiger partial charge on any atom is 0.338 e. The lowest BCUT2D eigenvalue weighted by atomic mass is 10.2. The fourth-order valence-electron chi connectivity index (χ4n) is 1.83. The van der Waals surface area contributed by atoms with E-state index in [0.717, 1.165) is 0 Å². The van der Waals surface area contributed by atoms with Gasteiger partial charge in [-0.25, -0.2) is 4.79 Å². The summed E-state index contributed by atoms with van der Waals surface area (Å²) in [4.78, 5) is 11.7. The van der Waals surface area contributed by atoms with Crippen LogP contribution in [0.15, 0.2) is 48.5 Å². The fraction of sp³-hybridized carbons (Fsp3) is 0.235. The second kappa shape index (κ2) is 6.79. The van der Waals surface area contributed by atoms with Crippen molar-refractivity contribution in [2.24, 2.45) is 0 Å². The molecule has 0 saturated carbocycles. The van der Waals surface area contributed by atoms with Gasteiger partial charge in [-0.05, 0) is 38.1 Å². The summed E-state index contributed by atoms with van der Waals surface area (Å²) in [5.74, 6) is 1.36. The normalized spacial score (nSPS) is 10.3. The molecule has 0 spiro atoms. The van der Waals surface area contributed by atoms with Crippen molar-refractivity contribution in [3.8, 4) is 17.2 Å². The van der Waals surface area contributed by atoms with E-state index in [4.69, 9.17) is 14.2 Å². The topological polar surface area (TPSA) is 44.8 Å². The molecule has 0 unspecified atom stereocenters. The average molecular weight is 286 g/mol. The number of esters is 1. The summed E-state index contributed by atoms with van der Waals surface area (Å²) in [6, 6.07) is 14.4. The van der Waals surface area contributed by atoms with Gasteiger partial charge in [0.25, 0.3) is 0 Å². The quantitative estimate of drug-likeness (QED) is 0.778. The minimum absolute atomic E-state index is 0.00229. The van der Waals surface area contributed by atoms with Crippen LogP contribution in [-0.2, 0) is 4.74 Å². The van der Waals surface area contributed by atoms with Crippen LogP contribution in [0, 0.1) is 0 Å². The van der Waals surface area contributed by atoms with Crippen LogP contribution in [0.1, 0.15) is 24.2 Å². The average Bonchev–Trinajstić information content (AvgIpc) is 2.46. The maximum absolute atomic E-state index is 11.7. The highest BCUT2D eigenvalue weighted by atomic mass is 16.5. The Labute approximate surface area is 124 Å². The Kier molecular flexibility index (Phi) is 4.82. The first-order valence-corrected chi connectivity index (χ1v) is 6.71. The molecule has 110 valence electrons. The summed E-state index contributed by atoms with van der Waals surface area (Å²) in [5.41, 5.74) is 0.390.